The van der Waals surface area contributed by atoms with Gasteiger partial charge >= 0.3 is 0 Å². The molecule has 1 aliphatic heterocycles. The van der Waals surface area contributed by atoms with Crippen molar-refractivity contribution in [2.45, 2.75) is 108 Å². The molecule has 0 aromatic heterocycles. The van der Waals surface area contributed by atoms with Crippen LogP contribution in [-0.2, 0) is 9.53 Å². The summed E-state index contributed by atoms with van der Waals surface area (Å²) in [6.07, 6.45) is 5.55. The molecule has 148 valence electrons. The Labute approximate surface area is 151 Å². The minimum Gasteiger partial charge on any atom is -0.394 e. The van der Waals surface area contributed by atoms with Gasteiger partial charge in [-0.3, -0.25) is 4.79 Å². The van der Waals surface area contributed by atoms with Crippen LogP contribution in [0.4, 0.5) is 0 Å². The number of carbonyl (C=O) groups is 1. The van der Waals surface area contributed by atoms with Crippen LogP contribution in [0.1, 0.15) is 77.6 Å². The largest absolute Gasteiger partial charge is 0.394 e. The van der Waals surface area contributed by atoms with Crippen LogP contribution in [0, 0.1) is 0 Å². The van der Waals surface area contributed by atoms with Gasteiger partial charge in [0, 0.05) is 12.8 Å². The van der Waals surface area contributed by atoms with Gasteiger partial charge in [-0.1, -0.05) is 58.3 Å². The molecule has 6 nitrogen and oxygen atoms in total. The van der Waals surface area contributed by atoms with Crippen LogP contribution in [-0.4, -0.2) is 63.3 Å². The molecule has 0 radical (unpaired) electrons. The first-order valence-corrected chi connectivity index (χ1v) is 9.83. The summed E-state index contributed by atoms with van der Waals surface area (Å²) in [7, 11) is 0. The van der Waals surface area contributed by atoms with Crippen molar-refractivity contribution < 1.29 is 30.0 Å². The maximum absolute atomic E-state index is 12.0. The number of unbranched alkanes of at least 4 members (excludes halogenated alkanes) is 8. The molecule has 0 bridgehead atoms. The predicted molar refractivity (Wildman–Crippen MR) is 95.2 cm³/mol. The Kier molecular flexibility index (Phi) is 11.5. The molecule has 0 aromatic rings. The zero-order chi connectivity index (χ0) is 18.7. The van der Waals surface area contributed by atoms with E-state index in [4.69, 9.17) is 9.84 Å². The van der Waals surface area contributed by atoms with Crippen molar-refractivity contribution in [3.8, 4) is 0 Å². The second kappa shape index (κ2) is 12.8. The lowest BCUT2D eigenvalue weighted by atomic mass is 9.99. The Morgan fingerprint density at radius 1 is 0.960 bits per heavy atom. The van der Waals surface area contributed by atoms with Crippen LogP contribution in [0.25, 0.3) is 0 Å². The predicted octanol–water partition coefficient (Wildman–Crippen LogP) is 1.71. The molecule has 1 heterocycles. The molecule has 6 heteroatoms. The number of hydrogen-bond acceptors (Lipinski definition) is 6. The molecule has 0 spiro atoms. The molecule has 1 unspecified atom stereocenters. The van der Waals surface area contributed by atoms with Gasteiger partial charge in [0.25, 0.3) is 0 Å². The third-order valence-corrected chi connectivity index (χ3v) is 4.95. The second-order valence-corrected chi connectivity index (χ2v) is 7.19. The number of aliphatic hydroxyl groups excluding tert-OH is 4. The molecular weight excluding hydrogens is 324 g/mol. The van der Waals surface area contributed by atoms with Gasteiger partial charge in [0.15, 0.2) is 0 Å². The van der Waals surface area contributed by atoms with E-state index in [2.05, 4.69) is 6.92 Å². The van der Waals surface area contributed by atoms with Gasteiger partial charge in [-0.05, 0) is 6.42 Å². The monoisotopic (exact) mass is 360 g/mol. The van der Waals surface area contributed by atoms with Gasteiger partial charge in [0.05, 0.1) is 12.7 Å². The van der Waals surface area contributed by atoms with Gasteiger partial charge in [-0.15, -0.1) is 0 Å². The summed E-state index contributed by atoms with van der Waals surface area (Å²) in [5.41, 5.74) is 0. The zero-order valence-electron chi connectivity index (χ0n) is 15.5. The topological polar surface area (TPSA) is 107 Å². The van der Waals surface area contributed by atoms with E-state index >= 15 is 0 Å². The van der Waals surface area contributed by atoms with Crippen LogP contribution >= 0.6 is 0 Å². The third kappa shape index (κ3) is 8.13. The van der Waals surface area contributed by atoms with E-state index < -0.39 is 37.1 Å². The van der Waals surface area contributed by atoms with Crippen molar-refractivity contribution in [2.75, 3.05) is 6.61 Å². The molecule has 0 saturated carbocycles. The van der Waals surface area contributed by atoms with Gasteiger partial charge in [-0.25, -0.2) is 0 Å². The van der Waals surface area contributed by atoms with E-state index in [0.717, 1.165) is 19.3 Å². The smallest absolute Gasteiger partial charge is 0.135 e. The molecule has 0 amide bonds. The highest BCUT2D eigenvalue weighted by Gasteiger charge is 2.46. The van der Waals surface area contributed by atoms with E-state index in [1.807, 2.05) is 0 Å². The number of carbonyl (C=O) groups excluding carboxylic acids is 1. The van der Waals surface area contributed by atoms with Crippen molar-refractivity contribution in [1.82, 2.24) is 0 Å². The first-order valence-electron chi connectivity index (χ1n) is 9.83. The summed E-state index contributed by atoms with van der Waals surface area (Å²) in [5, 5.41) is 38.3. The normalized spacial score (nSPS) is 27.6. The summed E-state index contributed by atoms with van der Waals surface area (Å²) < 4.78 is 5.37. The highest BCUT2D eigenvalue weighted by Crippen LogP contribution is 2.26. The van der Waals surface area contributed by atoms with Crippen molar-refractivity contribution in [3.63, 3.8) is 0 Å². The Hall–Kier alpha value is -0.530. The summed E-state index contributed by atoms with van der Waals surface area (Å²) in [6.45, 7) is 1.65. The lowest BCUT2D eigenvalue weighted by Crippen LogP contribution is -2.40. The summed E-state index contributed by atoms with van der Waals surface area (Å²) in [4.78, 5) is 12.0. The molecule has 0 aromatic carbocycles. The highest BCUT2D eigenvalue weighted by atomic mass is 16.6. The van der Waals surface area contributed by atoms with Crippen LogP contribution in [0.2, 0.25) is 0 Å². The molecule has 1 aliphatic rings. The van der Waals surface area contributed by atoms with E-state index in [-0.39, 0.29) is 12.2 Å². The zero-order valence-corrected chi connectivity index (χ0v) is 15.5. The summed E-state index contributed by atoms with van der Waals surface area (Å²) >= 11 is 0. The first-order chi connectivity index (χ1) is 12.0. The fraction of sp³-hybridized carbons (Fsp3) is 0.947. The lowest BCUT2D eigenvalue weighted by Gasteiger charge is -2.18. The molecule has 1 fully saturated rings. The molecule has 5 atom stereocenters. The van der Waals surface area contributed by atoms with E-state index in [0.29, 0.717) is 6.42 Å². The maximum Gasteiger partial charge on any atom is 0.135 e. The van der Waals surface area contributed by atoms with E-state index in [1.54, 1.807) is 0 Å². The third-order valence-electron chi connectivity index (χ3n) is 4.95. The standard InChI is InChI=1S/C19H36O6/c1-2-3-4-5-6-7-8-9-10-11-14(21)12-16-17(23)18(24)19(25-16)15(22)13-20/h15-20,22-24H,2-13H2,1H3/t15-,16?,17-,18+,19-/m0/s1. The Morgan fingerprint density at radius 3 is 2.08 bits per heavy atom. The Bertz CT molecular complexity index is 362. The summed E-state index contributed by atoms with van der Waals surface area (Å²) in [6, 6.07) is 0. The fourth-order valence-electron chi connectivity index (χ4n) is 3.33. The Morgan fingerprint density at radius 2 is 1.52 bits per heavy atom. The number of ether oxygens (including phenoxy) is 1. The number of rotatable bonds is 14. The minimum atomic E-state index is -1.28. The van der Waals surface area contributed by atoms with Crippen molar-refractivity contribution in [2.24, 2.45) is 0 Å². The van der Waals surface area contributed by atoms with Crippen LogP contribution in [0.15, 0.2) is 0 Å². The average molecular weight is 360 g/mol. The SMILES string of the molecule is CCCCCCCCCCCC(=O)CC1O[C@@H]([C@@H](O)CO)[C@H](O)[C@H]1O. The minimum absolute atomic E-state index is 0.00154. The van der Waals surface area contributed by atoms with Crippen LogP contribution in [0.3, 0.4) is 0 Å². The van der Waals surface area contributed by atoms with Crippen molar-refractivity contribution in [3.05, 3.63) is 0 Å². The van der Waals surface area contributed by atoms with Gasteiger partial charge in [0.1, 0.15) is 30.2 Å². The van der Waals surface area contributed by atoms with Gasteiger partial charge in [0.2, 0.25) is 0 Å². The number of Topliss-reactive ketones (excluding diaryl/α,β-unsaturated/α-hetero) is 1. The van der Waals surface area contributed by atoms with E-state index in [1.165, 1.54) is 38.5 Å². The van der Waals surface area contributed by atoms with Crippen LogP contribution in [0.5, 0.6) is 0 Å². The molecular formula is C19H36O6. The molecule has 4 N–H and O–H groups in total. The number of aliphatic hydroxyl groups is 4. The molecule has 1 rings (SSSR count). The van der Waals surface area contributed by atoms with Crippen molar-refractivity contribution in [1.29, 1.82) is 0 Å². The molecule has 0 aliphatic carbocycles. The summed E-state index contributed by atoms with van der Waals surface area (Å²) in [5.74, 6) is -0.00154. The maximum atomic E-state index is 12.0. The second-order valence-electron chi connectivity index (χ2n) is 7.19. The van der Waals surface area contributed by atoms with Crippen molar-refractivity contribution >= 4 is 5.78 Å². The molecule has 25 heavy (non-hydrogen) atoms. The molecule has 1 saturated heterocycles. The van der Waals surface area contributed by atoms with Gasteiger partial charge < -0.3 is 25.2 Å². The van der Waals surface area contributed by atoms with E-state index in [9.17, 15) is 20.1 Å². The number of ketones is 1. The fourth-order valence-corrected chi connectivity index (χ4v) is 3.33. The average Bonchev–Trinajstić information content (AvgIpc) is 2.88. The highest BCUT2D eigenvalue weighted by molar-refractivity contribution is 5.79. The number of hydrogen-bond donors (Lipinski definition) is 4. The Balaban J connectivity index is 2.12. The first kappa shape index (κ1) is 22.5. The quantitative estimate of drug-likeness (QED) is 0.351. The van der Waals surface area contributed by atoms with Crippen LogP contribution < -0.4 is 0 Å². The van der Waals surface area contributed by atoms with Gasteiger partial charge in [-0.2, -0.15) is 0 Å². The lowest BCUT2D eigenvalue weighted by molar-refractivity contribution is -0.125.